The Balaban J connectivity index is 1.46. The van der Waals surface area contributed by atoms with Crippen molar-refractivity contribution in [2.45, 2.75) is 38.5 Å². The maximum Gasteiger partial charge on any atom is 0.105 e. The van der Waals surface area contributed by atoms with Crippen molar-refractivity contribution in [2.24, 2.45) is 0 Å². The van der Waals surface area contributed by atoms with E-state index >= 15 is 0 Å². The molecule has 1 aromatic heterocycles. The molecule has 0 fully saturated rings. The van der Waals surface area contributed by atoms with E-state index in [1.807, 2.05) is 23.5 Å². The van der Waals surface area contributed by atoms with Gasteiger partial charge < -0.3 is 4.90 Å². The molecule has 1 nitrogen and oxygen atoms in total. The van der Waals surface area contributed by atoms with Crippen molar-refractivity contribution in [1.29, 1.82) is 0 Å². The minimum atomic E-state index is -0.119. The van der Waals surface area contributed by atoms with Gasteiger partial charge in [0.1, 0.15) is 5.00 Å². The van der Waals surface area contributed by atoms with Crippen LogP contribution >= 0.6 is 35.8 Å². The van der Waals surface area contributed by atoms with Gasteiger partial charge in [-0.05, 0) is 40.5 Å². The zero-order valence-corrected chi connectivity index (χ0v) is 23.1. The highest BCUT2D eigenvalue weighted by molar-refractivity contribution is 7.84. The normalized spacial score (nSPS) is 17.9. The van der Waals surface area contributed by atoms with Gasteiger partial charge >= 0.3 is 0 Å². The SMILES string of the molecule is CC1(C)c2ccccc2N2c3sc(C=C4C(=S)c5ccccc5C4=S)cc3C(C)(C)c3cccc1c32. The van der Waals surface area contributed by atoms with E-state index in [4.69, 9.17) is 24.4 Å². The molecule has 36 heavy (non-hydrogen) atoms. The van der Waals surface area contributed by atoms with Crippen molar-refractivity contribution in [3.05, 3.63) is 117 Å². The van der Waals surface area contributed by atoms with Crippen molar-refractivity contribution < 1.29 is 0 Å². The zero-order valence-electron chi connectivity index (χ0n) is 20.7. The van der Waals surface area contributed by atoms with Crippen LogP contribution in [0.2, 0.25) is 0 Å². The van der Waals surface area contributed by atoms with Crippen molar-refractivity contribution in [1.82, 2.24) is 0 Å². The fraction of sp³-hybridized carbons (Fsp3) is 0.188. The highest BCUT2D eigenvalue weighted by Crippen LogP contribution is 2.61. The summed E-state index contributed by atoms with van der Waals surface area (Å²) in [7, 11) is 0. The summed E-state index contributed by atoms with van der Waals surface area (Å²) in [6.07, 6.45) is 2.22. The number of para-hydroxylation sites is 2. The number of benzene rings is 3. The molecule has 4 heteroatoms. The number of nitrogens with zero attached hydrogens (tertiary/aromatic N) is 1. The van der Waals surface area contributed by atoms with Crippen molar-refractivity contribution >= 4 is 68.0 Å². The van der Waals surface area contributed by atoms with E-state index < -0.39 is 0 Å². The lowest BCUT2D eigenvalue weighted by Gasteiger charge is -2.48. The maximum atomic E-state index is 5.87. The third kappa shape index (κ3) is 2.75. The summed E-state index contributed by atoms with van der Waals surface area (Å²) in [5.41, 5.74) is 11.1. The molecule has 4 aromatic rings. The van der Waals surface area contributed by atoms with Crippen LogP contribution in [0.4, 0.5) is 16.4 Å². The first-order chi connectivity index (χ1) is 17.2. The summed E-state index contributed by atoms with van der Waals surface area (Å²) in [6, 6.07) is 26.3. The van der Waals surface area contributed by atoms with Crippen LogP contribution in [0.5, 0.6) is 0 Å². The highest BCUT2D eigenvalue weighted by Gasteiger charge is 2.46. The van der Waals surface area contributed by atoms with Crippen LogP contribution < -0.4 is 4.90 Å². The van der Waals surface area contributed by atoms with Crippen LogP contribution in [0.3, 0.4) is 0 Å². The first-order valence-electron chi connectivity index (χ1n) is 12.3. The molecule has 0 spiro atoms. The van der Waals surface area contributed by atoms with Crippen LogP contribution in [0.25, 0.3) is 6.08 Å². The minimum absolute atomic E-state index is 0.0674. The molecular weight excluding hydrogens is 495 g/mol. The first kappa shape index (κ1) is 22.3. The Morgan fingerprint density at radius 1 is 0.694 bits per heavy atom. The summed E-state index contributed by atoms with van der Waals surface area (Å²) in [6.45, 7) is 9.42. The van der Waals surface area contributed by atoms with Gasteiger partial charge in [-0.15, -0.1) is 11.3 Å². The molecule has 1 aliphatic carbocycles. The fourth-order valence-corrected chi connectivity index (χ4v) is 8.27. The smallest absolute Gasteiger partial charge is 0.105 e. The third-order valence-corrected chi connectivity index (χ3v) is 10.2. The molecule has 0 bridgehead atoms. The van der Waals surface area contributed by atoms with Gasteiger partial charge in [-0.1, -0.05) is 113 Å². The number of rotatable bonds is 1. The predicted molar refractivity (Wildman–Crippen MR) is 161 cm³/mol. The van der Waals surface area contributed by atoms with E-state index in [1.165, 1.54) is 43.5 Å². The summed E-state index contributed by atoms with van der Waals surface area (Å²) < 4.78 is 0. The Hall–Kier alpha value is -2.92. The lowest BCUT2D eigenvalue weighted by Crippen LogP contribution is -2.37. The Morgan fingerprint density at radius 2 is 1.25 bits per heavy atom. The summed E-state index contributed by atoms with van der Waals surface area (Å²) in [5, 5.41) is 1.29. The standard InChI is InChI=1S/C32H25NS3/c1-31(2)22-12-7-8-15-26(22)33-27-23(31)13-9-14-24(27)32(3,4)25-17-18(36-30(25)33)16-21-28(34)19-10-5-6-11-20(19)29(21)35/h5-17H,1-4H3. The molecule has 0 saturated heterocycles. The van der Waals surface area contributed by atoms with Gasteiger partial charge in [0.15, 0.2) is 0 Å². The van der Waals surface area contributed by atoms with Crippen molar-refractivity contribution in [3.8, 4) is 0 Å². The average molecular weight is 520 g/mol. The predicted octanol–water partition coefficient (Wildman–Crippen LogP) is 9.03. The number of thiocarbonyl (C=S) groups is 2. The molecule has 3 aromatic carbocycles. The van der Waals surface area contributed by atoms with Gasteiger partial charge in [-0.3, -0.25) is 0 Å². The number of hydrogen-bond donors (Lipinski definition) is 0. The van der Waals surface area contributed by atoms with Gasteiger partial charge in [-0.25, -0.2) is 0 Å². The number of allylic oxidation sites excluding steroid dienone is 1. The lowest BCUT2D eigenvalue weighted by molar-refractivity contribution is 0.600. The van der Waals surface area contributed by atoms with Crippen LogP contribution in [0.15, 0.2) is 78.4 Å². The molecule has 2 aliphatic heterocycles. The van der Waals surface area contributed by atoms with E-state index in [9.17, 15) is 0 Å². The molecule has 0 radical (unpaired) electrons. The summed E-state index contributed by atoms with van der Waals surface area (Å²) in [5.74, 6) is 0. The second-order valence-electron chi connectivity index (χ2n) is 10.9. The van der Waals surface area contributed by atoms with Gasteiger partial charge in [0.05, 0.1) is 21.1 Å². The molecule has 0 amide bonds. The number of thiophene rings is 1. The largest absolute Gasteiger partial charge is 0.301 e. The Morgan fingerprint density at radius 3 is 1.92 bits per heavy atom. The molecule has 0 unspecified atom stereocenters. The van der Waals surface area contributed by atoms with Crippen LogP contribution in [-0.2, 0) is 10.8 Å². The van der Waals surface area contributed by atoms with Gasteiger partial charge in [0.2, 0.25) is 0 Å². The number of fused-ring (bicyclic) bond motifs is 5. The second kappa shape index (κ2) is 7.32. The van der Waals surface area contributed by atoms with Crippen LogP contribution in [-0.4, -0.2) is 9.73 Å². The molecule has 176 valence electrons. The number of hydrogen-bond acceptors (Lipinski definition) is 4. The van der Waals surface area contributed by atoms with E-state index in [2.05, 4.69) is 99.3 Å². The molecule has 7 rings (SSSR count). The Bertz CT molecular complexity index is 1640. The lowest BCUT2D eigenvalue weighted by atomic mass is 9.67. The zero-order chi connectivity index (χ0) is 25.0. The molecule has 0 N–H and O–H groups in total. The maximum absolute atomic E-state index is 5.87. The third-order valence-electron chi connectivity index (χ3n) is 8.22. The quantitative estimate of drug-likeness (QED) is 0.182. The summed E-state index contributed by atoms with van der Waals surface area (Å²) in [4.78, 5) is 5.42. The molecule has 3 aliphatic rings. The van der Waals surface area contributed by atoms with Gasteiger partial charge in [-0.2, -0.15) is 0 Å². The fourth-order valence-electron chi connectivity index (χ4n) is 6.24. The minimum Gasteiger partial charge on any atom is -0.301 e. The van der Waals surface area contributed by atoms with E-state index in [1.54, 1.807) is 0 Å². The summed E-state index contributed by atoms with van der Waals surface area (Å²) >= 11 is 13.6. The Labute approximate surface area is 227 Å². The van der Waals surface area contributed by atoms with Gasteiger partial charge in [0, 0.05) is 32.4 Å². The highest BCUT2D eigenvalue weighted by atomic mass is 32.1. The second-order valence-corrected chi connectivity index (χ2v) is 12.8. The molecule has 0 saturated carbocycles. The molecular formula is C32H25NS3. The monoisotopic (exact) mass is 519 g/mol. The van der Waals surface area contributed by atoms with Crippen molar-refractivity contribution in [2.75, 3.05) is 4.90 Å². The van der Waals surface area contributed by atoms with E-state index in [0.717, 1.165) is 26.4 Å². The van der Waals surface area contributed by atoms with Crippen LogP contribution in [0.1, 0.15) is 66.0 Å². The topological polar surface area (TPSA) is 3.24 Å². The molecule has 0 atom stereocenters. The molecule has 3 heterocycles. The average Bonchev–Trinajstić information content (AvgIpc) is 3.40. The van der Waals surface area contributed by atoms with Crippen LogP contribution in [0, 0.1) is 0 Å². The van der Waals surface area contributed by atoms with E-state index in [0.29, 0.717) is 0 Å². The van der Waals surface area contributed by atoms with Gasteiger partial charge in [0.25, 0.3) is 0 Å². The Kier molecular flexibility index (Phi) is 4.53. The number of anilines is 3. The first-order valence-corrected chi connectivity index (χ1v) is 13.9. The van der Waals surface area contributed by atoms with E-state index in [-0.39, 0.29) is 10.8 Å². The van der Waals surface area contributed by atoms with Crippen molar-refractivity contribution in [3.63, 3.8) is 0 Å².